The number of ether oxygens (including phenoxy) is 1. The van der Waals surface area contributed by atoms with Crippen LogP contribution >= 0.6 is 0 Å². The van der Waals surface area contributed by atoms with Crippen LogP contribution < -0.4 is 10.1 Å². The normalized spacial score (nSPS) is 13.8. The predicted molar refractivity (Wildman–Crippen MR) is 83.4 cm³/mol. The number of carbonyl (C=O) groups is 1. The summed E-state index contributed by atoms with van der Waals surface area (Å²) in [6, 6.07) is 15.9. The molecule has 3 rings (SSSR count). The first-order valence-corrected chi connectivity index (χ1v) is 7.33. The molecule has 0 aromatic heterocycles. The van der Waals surface area contributed by atoms with Gasteiger partial charge < -0.3 is 10.1 Å². The van der Waals surface area contributed by atoms with Crippen LogP contribution in [0.3, 0.4) is 0 Å². The van der Waals surface area contributed by atoms with Crippen molar-refractivity contribution in [3.63, 3.8) is 0 Å². The van der Waals surface area contributed by atoms with Crippen molar-refractivity contribution >= 4 is 6.09 Å². The first-order chi connectivity index (χ1) is 10.2. The third-order valence-corrected chi connectivity index (χ3v) is 3.63. The van der Waals surface area contributed by atoms with E-state index in [1.807, 2.05) is 24.3 Å². The van der Waals surface area contributed by atoms with Gasteiger partial charge >= 0.3 is 6.09 Å². The SMILES string of the molecule is Cc1cccc(-c2cccc(OC(=O)NCC3CC3)c2)c1. The molecular formula is C18H19NO2. The Morgan fingerprint density at radius 3 is 2.57 bits per heavy atom. The summed E-state index contributed by atoms with van der Waals surface area (Å²) in [4.78, 5) is 11.7. The average molecular weight is 281 g/mol. The summed E-state index contributed by atoms with van der Waals surface area (Å²) >= 11 is 0. The summed E-state index contributed by atoms with van der Waals surface area (Å²) < 4.78 is 5.33. The van der Waals surface area contributed by atoms with Gasteiger partial charge in [-0.3, -0.25) is 0 Å². The molecule has 1 N–H and O–H groups in total. The van der Waals surface area contributed by atoms with Gasteiger partial charge in [-0.25, -0.2) is 4.79 Å². The van der Waals surface area contributed by atoms with E-state index in [0.717, 1.165) is 17.7 Å². The monoisotopic (exact) mass is 281 g/mol. The molecule has 0 aliphatic heterocycles. The highest BCUT2D eigenvalue weighted by atomic mass is 16.6. The van der Waals surface area contributed by atoms with E-state index >= 15 is 0 Å². The van der Waals surface area contributed by atoms with Gasteiger partial charge in [-0.15, -0.1) is 0 Å². The number of benzene rings is 2. The van der Waals surface area contributed by atoms with Gasteiger partial charge in [0.05, 0.1) is 0 Å². The van der Waals surface area contributed by atoms with Crippen molar-refractivity contribution in [2.75, 3.05) is 6.54 Å². The van der Waals surface area contributed by atoms with Crippen molar-refractivity contribution in [2.45, 2.75) is 19.8 Å². The molecule has 0 spiro atoms. The van der Waals surface area contributed by atoms with Crippen molar-refractivity contribution in [1.82, 2.24) is 5.32 Å². The molecule has 21 heavy (non-hydrogen) atoms. The molecule has 0 saturated heterocycles. The second kappa shape index (κ2) is 6.00. The van der Waals surface area contributed by atoms with Gasteiger partial charge in [-0.2, -0.15) is 0 Å². The molecule has 0 atom stereocenters. The van der Waals surface area contributed by atoms with Crippen molar-refractivity contribution in [3.05, 3.63) is 54.1 Å². The number of nitrogens with one attached hydrogen (secondary N) is 1. The highest BCUT2D eigenvalue weighted by Gasteiger charge is 2.21. The second-order valence-corrected chi connectivity index (χ2v) is 5.61. The van der Waals surface area contributed by atoms with Gasteiger partial charge in [0.25, 0.3) is 0 Å². The van der Waals surface area contributed by atoms with E-state index in [-0.39, 0.29) is 6.09 Å². The third kappa shape index (κ3) is 3.85. The Balaban J connectivity index is 1.68. The summed E-state index contributed by atoms with van der Waals surface area (Å²) in [5, 5.41) is 2.80. The van der Waals surface area contributed by atoms with E-state index < -0.39 is 0 Å². The molecule has 0 unspecified atom stereocenters. The lowest BCUT2D eigenvalue weighted by Crippen LogP contribution is -2.28. The number of carbonyl (C=O) groups excluding carboxylic acids is 1. The van der Waals surface area contributed by atoms with Crippen LogP contribution in [0.15, 0.2) is 48.5 Å². The minimum Gasteiger partial charge on any atom is -0.410 e. The fourth-order valence-corrected chi connectivity index (χ4v) is 2.26. The molecule has 1 amide bonds. The fourth-order valence-electron chi connectivity index (χ4n) is 2.26. The van der Waals surface area contributed by atoms with E-state index in [9.17, 15) is 4.79 Å². The summed E-state index contributed by atoms with van der Waals surface area (Å²) in [6.45, 7) is 2.78. The lowest BCUT2D eigenvalue weighted by molar-refractivity contribution is 0.200. The Morgan fingerprint density at radius 1 is 1.14 bits per heavy atom. The first kappa shape index (κ1) is 13.7. The number of hydrogen-bond acceptors (Lipinski definition) is 2. The van der Waals surface area contributed by atoms with Gasteiger partial charge in [0.2, 0.25) is 0 Å². The molecular weight excluding hydrogens is 262 g/mol. The van der Waals surface area contributed by atoms with Crippen molar-refractivity contribution in [2.24, 2.45) is 5.92 Å². The quantitative estimate of drug-likeness (QED) is 0.913. The van der Waals surface area contributed by atoms with Gasteiger partial charge in [-0.1, -0.05) is 42.0 Å². The summed E-state index contributed by atoms with van der Waals surface area (Å²) in [5.41, 5.74) is 3.38. The van der Waals surface area contributed by atoms with Crippen LogP contribution in [0.1, 0.15) is 18.4 Å². The molecule has 1 aliphatic carbocycles. The van der Waals surface area contributed by atoms with Crippen LogP contribution in [-0.2, 0) is 0 Å². The second-order valence-electron chi connectivity index (χ2n) is 5.61. The van der Waals surface area contributed by atoms with Crippen LogP contribution in [-0.4, -0.2) is 12.6 Å². The molecule has 0 radical (unpaired) electrons. The maximum Gasteiger partial charge on any atom is 0.412 e. The van der Waals surface area contributed by atoms with Crippen molar-refractivity contribution in [3.8, 4) is 16.9 Å². The molecule has 108 valence electrons. The number of hydrogen-bond donors (Lipinski definition) is 1. The van der Waals surface area contributed by atoms with Crippen LogP contribution in [0.5, 0.6) is 5.75 Å². The third-order valence-electron chi connectivity index (χ3n) is 3.63. The lowest BCUT2D eigenvalue weighted by Gasteiger charge is -2.08. The number of aryl methyl sites for hydroxylation is 1. The lowest BCUT2D eigenvalue weighted by atomic mass is 10.0. The van der Waals surface area contributed by atoms with Crippen LogP contribution in [0.2, 0.25) is 0 Å². The fraction of sp³-hybridized carbons (Fsp3) is 0.278. The van der Waals surface area contributed by atoms with Crippen LogP contribution in [0.4, 0.5) is 4.79 Å². The Bertz CT molecular complexity index is 647. The van der Waals surface area contributed by atoms with Crippen LogP contribution in [0, 0.1) is 12.8 Å². The number of rotatable bonds is 4. The van der Waals surface area contributed by atoms with Gasteiger partial charge in [0.1, 0.15) is 5.75 Å². The molecule has 2 aromatic rings. The number of amides is 1. The minimum absolute atomic E-state index is 0.372. The Morgan fingerprint density at radius 2 is 1.86 bits per heavy atom. The smallest absolute Gasteiger partial charge is 0.410 e. The molecule has 1 fully saturated rings. The van der Waals surface area contributed by atoms with E-state index in [2.05, 4.69) is 30.4 Å². The topological polar surface area (TPSA) is 38.3 Å². The summed E-state index contributed by atoms with van der Waals surface area (Å²) in [6.07, 6.45) is 2.05. The molecule has 1 aliphatic rings. The molecule has 1 saturated carbocycles. The van der Waals surface area contributed by atoms with Gasteiger partial charge in [0, 0.05) is 6.54 Å². The van der Waals surface area contributed by atoms with Crippen molar-refractivity contribution < 1.29 is 9.53 Å². The molecule has 2 aromatic carbocycles. The largest absolute Gasteiger partial charge is 0.412 e. The van der Waals surface area contributed by atoms with E-state index in [0.29, 0.717) is 11.7 Å². The predicted octanol–water partition coefficient (Wildman–Crippen LogP) is 4.16. The summed E-state index contributed by atoms with van der Waals surface area (Å²) in [7, 11) is 0. The Labute approximate surface area is 124 Å². The summed E-state index contributed by atoms with van der Waals surface area (Å²) in [5.74, 6) is 1.22. The Hall–Kier alpha value is -2.29. The highest BCUT2D eigenvalue weighted by molar-refractivity contribution is 5.72. The van der Waals surface area contributed by atoms with E-state index in [4.69, 9.17) is 4.74 Å². The van der Waals surface area contributed by atoms with Crippen molar-refractivity contribution in [1.29, 1.82) is 0 Å². The maximum atomic E-state index is 11.7. The average Bonchev–Trinajstić information content (AvgIpc) is 3.30. The molecule has 0 bridgehead atoms. The molecule has 3 heteroatoms. The maximum absolute atomic E-state index is 11.7. The minimum atomic E-state index is -0.372. The van der Waals surface area contributed by atoms with E-state index in [1.165, 1.54) is 18.4 Å². The Kier molecular flexibility index (Phi) is 3.91. The van der Waals surface area contributed by atoms with Gasteiger partial charge in [-0.05, 0) is 48.9 Å². The zero-order valence-electron chi connectivity index (χ0n) is 12.1. The van der Waals surface area contributed by atoms with E-state index in [1.54, 1.807) is 6.07 Å². The zero-order chi connectivity index (χ0) is 14.7. The molecule has 0 heterocycles. The van der Waals surface area contributed by atoms with Crippen LogP contribution in [0.25, 0.3) is 11.1 Å². The molecule has 3 nitrogen and oxygen atoms in total. The zero-order valence-corrected chi connectivity index (χ0v) is 12.1. The van der Waals surface area contributed by atoms with Gasteiger partial charge in [0.15, 0.2) is 0 Å². The first-order valence-electron chi connectivity index (χ1n) is 7.33. The highest BCUT2D eigenvalue weighted by Crippen LogP contribution is 2.28. The standard InChI is InChI=1S/C18H19NO2/c1-13-4-2-5-15(10-13)16-6-3-7-17(11-16)21-18(20)19-12-14-8-9-14/h2-7,10-11,14H,8-9,12H2,1H3,(H,19,20).